The Balaban J connectivity index is 1.86. The molecule has 0 heterocycles. The lowest BCUT2D eigenvalue weighted by Crippen LogP contribution is -2.16. The van der Waals surface area contributed by atoms with Gasteiger partial charge in [0.05, 0.1) is 10.9 Å². The molecule has 3 aromatic rings. The number of halogens is 1. The summed E-state index contributed by atoms with van der Waals surface area (Å²) < 4.78 is 22.9. The SMILES string of the molecule is Cc1ccc(C(=O)CC(Nc2ccc(S(N)(=O)=O)cc2)c2ccc(Cl)cc2)cc1. The van der Waals surface area contributed by atoms with E-state index in [1.54, 1.807) is 24.3 Å². The van der Waals surface area contributed by atoms with Crippen molar-refractivity contribution in [1.82, 2.24) is 0 Å². The summed E-state index contributed by atoms with van der Waals surface area (Å²) in [5.41, 5.74) is 3.30. The van der Waals surface area contributed by atoms with Gasteiger partial charge in [-0.3, -0.25) is 4.79 Å². The molecule has 0 bridgehead atoms. The number of carbonyl (C=O) groups excluding carboxylic acids is 1. The van der Waals surface area contributed by atoms with Crippen LogP contribution in [-0.2, 0) is 10.0 Å². The molecule has 5 nitrogen and oxygen atoms in total. The van der Waals surface area contributed by atoms with E-state index < -0.39 is 10.0 Å². The second-order valence-electron chi connectivity index (χ2n) is 6.81. The van der Waals surface area contributed by atoms with E-state index in [-0.39, 0.29) is 23.1 Å². The van der Waals surface area contributed by atoms with Gasteiger partial charge < -0.3 is 5.32 Å². The molecular weight excluding hydrogens is 408 g/mol. The van der Waals surface area contributed by atoms with Crippen LogP contribution in [-0.4, -0.2) is 14.2 Å². The number of Topliss-reactive ketones (excluding diaryl/α,β-unsaturated/α-hetero) is 1. The Morgan fingerprint density at radius 2 is 1.55 bits per heavy atom. The van der Waals surface area contributed by atoms with Crippen molar-refractivity contribution in [3.63, 3.8) is 0 Å². The van der Waals surface area contributed by atoms with Gasteiger partial charge in [-0.15, -0.1) is 0 Å². The van der Waals surface area contributed by atoms with Crippen molar-refractivity contribution in [3.05, 3.63) is 94.5 Å². The fourth-order valence-corrected chi connectivity index (χ4v) is 3.57. The normalized spacial score (nSPS) is 12.4. The Kier molecular flexibility index (Phi) is 6.37. The molecule has 3 N–H and O–H groups in total. The maximum Gasteiger partial charge on any atom is 0.238 e. The zero-order valence-electron chi connectivity index (χ0n) is 15.8. The standard InChI is InChI=1S/C22H21ClN2O3S/c1-15-2-4-17(5-3-15)22(26)14-21(16-6-8-18(23)9-7-16)25-19-10-12-20(13-11-19)29(24,27)28/h2-13,21,25H,14H2,1H3,(H2,24,27,28). The van der Waals surface area contributed by atoms with Crippen LogP contribution >= 0.6 is 11.6 Å². The maximum atomic E-state index is 12.8. The van der Waals surface area contributed by atoms with E-state index in [0.29, 0.717) is 16.3 Å². The molecule has 1 unspecified atom stereocenters. The van der Waals surface area contributed by atoms with E-state index in [1.807, 2.05) is 43.3 Å². The van der Waals surface area contributed by atoms with Gasteiger partial charge >= 0.3 is 0 Å². The van der Waals surface area contributed by atoms with Crippen LogP contribution in [0.1, 0.15) is 33.9 Å². The van der Waals surface area contributed by atoms with Gasteiger partial charge in [0.2, 0.25) is 10.0 Å². The molecule has 0 aliphatic carbocycles. The van der Waals surface area contributed by atoms with Gasteiger partial charge in [-0.25, -0.2) is 13.6 Å². The highest BCUT2D eigenvalue weighted by Gasteiger charge is 2.18. The zero-order valence-corrected chi connectivity index (χ0v) is 17.4. The third-order valence-electron chi connectivity index (χ3n) is 4.56. The second kappa shape index (κ2) is 8.78. The Morgan fingerprint density at radius 3 is 2.10 bits per heavy atom. The lowest BCUT2D eigenvalue weighted by atomic mass is 9.97. The van der Waals surface area contributed by atoms with Crippen LogP contribution in [0.3, 0.4) is 0 Å². The van der Waals surface area contributed by atoms with Gasteiger partial charge in [-0.1, -0.05) is 53.6 Å². The molecule has 0 saturated heterocycles. The molecule has 0 aromatic heterocycles. The Morgan fingerprint density at radius 1 is 0.966 bits per heavy atom. The number of hydrogen-bond donors (Lipinski definition) is 2. The van der Waals surface area contributed by atoms with E-state index >= 15 is 0 Å². The first kappa shape index (κ1) is 21.0. The van der Waals surface area contributed by atoms with E-state index in [4.69, 9.17) is 16.7 Å². The summed E-state index contributed by atoms with van der Waals surface area (Å²) in [6, 6.07) is 20.5. The number of ketones is 1. The number of hydrogen-bond acceptors (Lipinski definition) is 4. The van der Waals surface area contributed by atoms with Crippen LogP contribution < -0.4 is 10.5 Å². The van der Waals surface area contributed by atoms with E-state index in [0.717, 1.165) is 11.1 Å². The average Bonchev–Trinajstić information content (AvgIpc) is 2.68. The van der Waals surface area contributed by atoms with Crippen LogP contribution in [0.4, 0.5) is 5.69 Å². The van der Waals surface area contributed by atoms with Crippen molar-refractivity contribution < 1.29 is 13.2 Å². The van der Waals surface area contributed by atoms with Crippen molar-refractivity contribution >= 4 is 33.1 Å². The first-order chi connectivity index (χ1) is 13.7. The lowest BCUT2D eigenvalue weighted by Gasteiger charge is -2.20. The predicted octanol–water partition coefficient (Wildman–Crippen LogP) is 4.72. The van der Waals surface area contributed by atoms with Crippen LogP contribution in [0.2, 0.25) is 5.02 Å². The summed E-state index contributed by atoms with van der Waals surface area (Å²) in [7, 11) is -3.76. The van der Waals surface area contributed by atoms with Crippen LogP contribution in [0.25, 0.3) is 0 Å². The van der Waals surface area contributed by atoms with E-state index in [2.05, 4.69) is 5.32 Å². The number of rotatable bonds is 7. The first-order valence-electron chi connectivity index (χ1n) is 8.97. The third-order valence-corrected chi connectivity index (χ3v) is 5.74. The summed E-state index contributed by atoms with van der Waals surface area (Å²) in [6.07, 6.45) is 0.224. The summed E-state index contributed by atoms with van der Waals surface area (Å²) in [4.78, 5) is 12.9. The van der Waals surface area contributed by atoms with Gasteiger partial charge in [0.15, 0.2) is 5.78 Å². The molecule has 0 aliphatic rings. The van der Waals surface area contributed by atoms with Crippen LogP contribution in [0.15, 0.2) is 77.7 Å². The van der Waals surface area contributed by atoms with Crippen molar-refractivity contribution in [2.24, 2.45) is 5.14 Å². The molecule has 0 saturated carbocycles. The molecule has 0 radical (unpaired) electrons. The second-order valence-corrected chi connectivity index (χ2v) is 8.81. The fraction of sp³-hybridized carbons (Fsp3) is 0.136. The van der Waals surface area contributed by atoms with Crippen LogP contribution in [0.5, 0.6) is 0 Å². The fourth-order valence-electron chi connectivity index (χ4n) is 2.93. The van der Waals surface area contributed by atoms with Gasteiger partial charge in [-0.2, -0.15) is 0 Å². The number of anilines is 1. The van der Waals surface area contributed by atoms with Crippen molar-refractivity contribution in [2.45, 2.75) is 24.3 Å². The van der Waals surface area contributed by atoms with Gasteiger partial charge in [0.1, 0.15) is 0 Å². The first-order valence-corrected chi connectivity index (χ1v) is 10.9. The number of aryl methyl sites for hydroxylation is 1. The molecule has 3 aromatic carbocycles. The molecule has 29 heavy (non-hydrogen) atoms. The topological polar surface area (TPSA) is 89.3 Å². The largest absolute Gasteiger partial charge is 0.378 e. The Labute approximate surface area is 175 Å². The lowest BCUT2D eigenvalue weighted by molar-refractivity contribution is 0.0976. The minimum atomic E-state index is -3.76. The minimum absolute atomic E-state index is 0.00129. The summed E-state index contributed by atoms with van der Waals surface area (Å²) in [6.45, 7) is 1.97. The average molecular weight is 429 g/mol. The molecule has 1 atom stereocenters. The van der Waals surface area contributed by atoms with Crippen molar-refractivity contribution in [1.29, 1.82) is 0 Å². The highest BCUT2D eigenvalue weighted by Crippen LogP contribution is 2.26. The van der Waals surface area contributed by atoms with E-state index in [1.165, 1.54) is 12.1 Å². The van der Waals surface area contributed by atoms with Gasteiger partial charge in [0, 0.05) is 22.7 Å². The molecule has 0 fully saturated rings. The smallest absolute Gasteiger partial charge is 0.238 e. The quantitative estimate of drug-likeness (QED) is 0.532. The van der Waals surface area contributed by atoms with Gasteiger partial charge in [-0.05, 0) is 48.9 Å². The Bertz CT molecular complexity index is 1090. The molecule has 150 valence electrons. The third kappa shape index (κ3) is 5.67. The van der Waals surface area contributed by atoms with E-state index in [9.17, 15) is 13.2 Å². The number of nitrogens with one attached hydrogen (secondary N) is 1. The number of primary sulfonamides is 1. The van der Waals surface area contributed by atoms with Gasteiger partial charge in [0.25, 0.3) is 0 Å². The van der Waals surface area contributed by atoms with Crippen molar-refractivity contribution in [2.75, 3.05) is 5.32 Å². The molecular formula is C22H21ClN2O3S. The predicted molar refractivity (Wildman–Crippen MR) is 116 cm³/mol. The zero-order chi connectivity index (χ0) is 21.0. The molecule has 7 heteroatoms. The number of carbonyl (C=O) groups is 1. The van der Waals surface area contributed by atoms with Crippen molar-refractivity contribution in [3.8, 4) is 0 Å². The maximum absolute atomic E-state index is 12.8. The number of nitrogens with two attached hydrogens (primary N) is 1. The summed E-state index contributed by atoms with van der Waals surface area (Å²) >= 11 is 6.00. The highest BCUT2D eigenvalue weighted by molar-refractivity contribution is 7.89. The van der Waals surface area contributed by atoms with Crippen LogP contribution in [0, 0.1) is 6.92 Å². The number of benzene rings is 3. The minimum Gasteiger partial charge on any atom is -0.378 e. The monoisotopic (exact) mass is 428 g/mol. The Hall–Kier alpha value is -2.67. The molecule has 3 rings (SSSR count). The summed E-state index contributed by atoms with van der Waals surface area (Å²) in [5, 5.41) is 9.06. The molecule has 0 amide bonds. The molecule has 0 spiro atoms. The number of sulfonamides is 1. The summed E-state index contributed by atoms with van der Waals surface area (Å²) in [5.74, 6) is -0.00129. The highest BCUT2D eigenvalue weighted by atomic mass is 35.5. The molecule has 0 aliphatic heterocycles.